The fourth-order valence-electron chi connectivity index (χ4n) is 1.28. The molecule has 0 amide bonds. The van der Waals surface area contributed by atoms with E-state index in [2.05, 4.69) is 6.92 Å². The molecular weight excluding hydrogens is 172 g/mol. The molecule has 0 aliphatic carbocycles. The SMILES string of the molecule is CCCCCC(C=O)CCCCl. The van der Waals surface area contributed by atoms with Gasteiger partial charge in [-0.3, -0.25) is 0 Å². The van der Waals surface area contributed by atoms with Crippen molar-refractivity contribution in [3.63, 3.8) is 0 Å². The van der Waals surface area contributed by atoms with Crippen LogP contribution in [0.25, 0.3) is 0 Å². The first kappa shape index (κ1) is 12.0. The molecule has 0 saturated heterocycles. The fourth-order valence-corrected chi connectivity index (χ4v) is 1.43. The molecule has 0 aromatic rings. The summed E-state index contributed by atoms with van der Waals surface area (Å²) in [6.07, 6.45) is 7.72. The quantitative estimate of drug-likeness (QED) is 0.326. The van der Waals surface area contributed by atoms with Crippen LogP contribution in [0.15, 0.2) is 0 Å². The predicted octanol–water partition coefficient (Wildman–Crippen LogP) is 3.40. The second-order valence-electron chi connectivity index (χ2n) is 3.22. The largest absolute Gasteiger partial charge is 0.303 e. The molecule has 0 aliphatic rings. The molecule has 1 unspecified atom stereocenters. The zero-order valence-electron chi connectivity index (χ0n) is 7.89. The summed E-state index contributed by atoms with van der Waals surface area (Å²) < 4.78 is 0. The summed E-state index contributed by atoms with van der Waals surface area (Å²) in [7, 11) is 0. The van der Waals surface area contributed by atoms with Crippen LogP contribution in [0, 0.1) is 5.92 Å². The van der Waals surface area contributed by atoms with Crippen molar-refractivity contribution in [3.8, 4) is 0 Å². The topological polar surface area (TPSA) is 17.1 Å². The lowest BCUT2D eigenvalue weighted by Crippen LogP contribution is -2.02. The van der Waals surface area contributed by atoms with Crippen molar-refractivity contribution in [2.75, 3.05) is 5.88 Å². The minimum Gasteiger partial charge on any atom is -0.303 e. The summed E-state index contributed by atoms with van der Waals surface area (Å²) in [4.78, 5) is 10.6. The van der Waals surface area contributed by atoms with Gasteiger partial charge in [-0.05, 0) is 19.3 Å². The zero-order valence-corrected chi connectivity index (χ0v) is 8.65. The summed E-state index contributed by atoms with van der Waals surface area (Å²) in [6.45, 7) is 2.18. The summed E-state index contributed by atoms with van der Waals surface area (Å²) in [5.41, 5.74) is 0. The van der Waals surface area contributed by atoms with Gasteiger partial charge < -0.3 is 4.79 Å². The highest BCUT2D eigenvalue weighted by atomic mass is 35.5. The first-order valence-corrected chi connectivity index (χ1v) is 5.39. The smallest absolute Gasteiger partial charge is 0.123 e. The summed E-state index contributed by atoms with van der Waals surface area (Å²) in [6, 6.07) is 0. The third-order valence-electron chi connectivity index (χ3n) is 2.08. The number of hydrogen-bond donors (Lipinski definition) is 0. The molecule has 12 heavy (non-hydrogen) atoms. The van der Waals surface area contributed by atoms with E-state index in [1.807, 2.05) is 0 Å². The maximum Gasteiger partial charge on any atom is 0.123 e. The second-order valence-corrected chi connectivity index (χ2v) is 3.60. The number of hydrogen-bond acceptors (Lipinski definition) is 1. The summed E-state index contributed by atoms with van der Waals surface area (Å²) in [5, 5.41) is 0. The molecule has 0 aromatic carbocycles. The van der Waals surface area contributed by atoms with Crippen LogP contribution in [-0.2, 0) is 4.79 Å². The zero-order chi connectivity index (χ0) is 9.23. The highest BCUT2D eigenvalue weighted by Crippen LogP contribution is 2.13. The van der Waals surface area contributed by atoms with E-state index in [1.165, 1.54) is 19.3 Å². The summed E-state index contributed by atoms with van der Waals surface area (Å²) >= 11 is 5.55. The number of halogens is 1. The van der Waals surface area contributed by atoms with Gasteiger partial charge in [0.15, 0.2) is 0 Å². The predicted molar refractivity (Wildman–Crippen MR) is 53.7 cm³/mol. The molecular formula is C10H19ClO. The van der Waals surface area contributed by atoms with Gasteiger partial charge in [0, 0.05) is 11.8 Å². The minimum absolute atomic E-state index is 0.260. The van der Waals surface area contributed by atoms with E-state index in [0.29, 0.717) is 5.88 Å². The highest BCUT2D eigenvalue weighted by molar-refractivity contribution is 6.17. The number of carbonyl (C=O) groups is 1. The first-order valence-electron chi connectivity index (χ1n) is 4.86. The van der Waals surface area contributed by atoms with Crippen molar-refractivity contribution in [2.24, 2.45) is 5.92 Å². The van der Waals surface area contributed by atoms with Crippen molar-refractivity contribution in [1.29, 1.82) is 0 Å². The van der Waals surface area contributed by atoms with Crippen molar-refractivity contribution in [3.05, 3.63) is 0 Å². The van der Waals surface area contributed by atoms with E-state index >= 15 is 0 Å². The van der Waals surface area contributed by atoms with Crippen molar-refractivity contribution in [2.45, 2.75) is 45.4 Å². The minimum atomic E-state index is 0.260. The van der Waals surface area contributed by atoms with Gasteiger partial charge in [-0.2, -0.15) is 0 Å². The molecule has 0 N–H and O–H groups in total. The number of unbranched alkanes of at least 4 members (excludes halogenated alkanes) is 2. The summed E-state index contributed by atoms with van der Waals surface area (Å²) in [5.74, 6) is 0.938. The molecule has 0 bridgehead atoms. The van der Waals surface area contributed by atoms with E-state index < -0.39 is 0 Å². The average Bonchev–Trinajstić information content (AvgIpc) is 2.11. The lowest BCUT2D eigenvalue weighted by molar-refractivity contribution is -0.111. The van der Waals surface area contributed by atoms with Crippen LogP contribution in [0.1, 0.15) is 45.4 Å². The molecule has 0 rings (SSSR count). The van der Waals surface area contributed by atoms with Gasteiger partial charge in [-0.1, -0.05) is 26.2 Å². The van der Waals surface area contributed by atoms with Gasteiger partial charge in [0.25, 0.3) is 0 Å². The van der Waals surface area contributed by atoms with Crippen LogP contribution < -0.4 is 0 Å². The van der Waals surface area contributed by atoms with E-state index in [4.69, 9.17) is 11.6 Å². The molecule has 0 saturated carbocycles. The molecule has 2 heteroatoms. The van der Waals surface area contributed by atoms with Gasteiger partial charge in [0.2, 0.25) is 0 Å². The Bertz CT molecular complexity index is 104. The lowest BCUT2D eigenvalue weighted by Gasteiger charge is -2.07. The third kappa shape index (κ3) is 6.66. The van der Waals surface area contributed by atoms with E-state index in [-0.39, 0.29) is 5.92 Å². The Morgan fingerprint density at radius 1 is 1.25 bits per heavy atom. The van der Waals surface area contributed by atoms with Crippen molar-refractivity contribution >= 4 is 17.9 Å². The van der Waals surface area contributed by atoms with Crippen LogP contribution in [0.2, 0.25) is 0 Å². The van der Waals surface area contributed by atoms with Crippen LogP contribution >= 0.6 is 11.6 Å². The van der Waals surface area contributed by atoms with Crippen molar-refractivity contribution < 1.29 is 4.79 Å². The van der Waals surface area contributed by atoms with Crippen LogP contribution in [0.5, 0.6) is 0 Å². The maximum absolute atomic E-state index is 10.6. The second kappa shape index (κ2) is 9.05. The van der Waals surface area contributed by atoms with E-state index in [1.54, 1.807) is 0 Å². The number of rotatable bonds is 8. The lowest BCUT2D eigenvalue weighted by atomic mass is 9.98. The molecule has 0 spiro atoms. The van der Waals surface area contributed by atoms with E-state index in [0.717, 1.165) is 25.5 Å². The Balaban J connectivity index is 3.32. The van der Waals surface area contributed by atoms with Crippen LogP contribution in [0.3, 0.4) is 0 Å². The monoisotopic (exact) mass is 190 g/mol. The molecule has 1 nitrogen and oxygen atoms in total. The molecule has 0 fully saturated rings. The Morgan fingerprint density at radius 3 is 2.42 bits per heavy atom. The standard InChI is InChI=1S/C10H19ClO/c1-2-3-4-6-10(9-12)7-5-8-11/h9-10H,2-8H2,1H3. The Labute approximate surface area is 80.5 Å². The van der Waals surface area contributed by atoms with Gasteiger partial charge in [-0.25, -0.2) is 0 Å². The number of aldehydes is 1. The fraction of sp³-hybridized carbons (Fsp3) is 0.900. The number of carbonyl (C=O) groups excluding carboxylic acids is 1. The Kier molecular flexibility index (Phi) is 9.02. The molecule has 1 atom stereocenters. The normalized spacial score (nSPS) is 12.8. The molecule has 72 valence electrons. The molecule has 0 radical (unpaired) electrons. The van der Waals surface area contributed by atoms with Gasteiger partial charge >= 0.3 is 0 Å². The number of alkyl halides is 1. The van der Waals surface area contributed by atoms with Crippen LogP contribution in [-0.4, -0.2) is 12.2 Å². The van der Waals surface area contributed by atoms with E-state index in [9.17, 15) is 4.79 Å². The van der Waals surface area contributed by atoms with Gasteiger partial charge in [0.05, 0.1) is 0 Å². The van der Waals surface area contributed by atoms with Crippen molar-refractivity contribution in [1.82, 2.24) is 0 Å². The van der Waals surface area contributed by atoms with Gasteiger partial charge in [0.1, 0.15) is 6.29 Å². The average molecular weight is 191 g/mol. The maximum atomic E-state index is 10.6. The molecule has 0 heterocycles. The molecule has 0 aromatic heterocycles. The third-order valence-corrected chi connectivity index (χ3v) is 2.35. The van der Waals surface area contributed by atoms with Crippen LogP contribution in [0.4, 0.5) is 0 Å². The Hall–Kier alpha value is -0.0400. The Morgan fingerprint density at radius 2 is 1.92 bits per heavy atom. The van der Waals surface area contributed by atoms with Gasteiger partial charge in [-0.15, -0.1) is 11.6 Å². The highest BCUT2D eigenvalue weighted by Gasteiger charge is 2.05. The first-order chi connectivity index (χ1) is 5.85. The molecule has 0 aliphatic heterocycles.